The quantitative estimate of drug-likeness (QED) is 0.512. The van der Waals surface area contributed by atoms with Crippen LogP contribution in [0.25, 0.3) is 0 Å². The number of thioether (sulfide) groups is 1. The molecule has 0 amide bonds. The van der Waals surface area contributed by atoms with Crippen molar-refractivity contribution in [1.29, 1.82) is 0 Å². The second-order valence-corrected chi connectivity index (χ2v) is 4.73. The van der Waals surface area contributed by atoms with Gasteiger partial charge in [0.1, 0.15) is 0 Å². The van der Waals surface area contributed by atoms with Crippen molar-refractivity contribution >= 4 is 23.4 Å². The Labute approximate surface area is 96.0 Å². The Morgan fingerprint density at radius 2 is 1.79 bits per heavy atom. The van der Waals surface area contributed by atoms with Crippen molar-refractivity contribution in [3.05, 3.63) is 35.4 Å². The van der Waals surface area contributed by atoms with E-state index in [1.807, 2.05) is 11.8 Å². The van der Waals surface area contributed by atoms with Crippen LogP contribution in [0.3, 0.4) is 0 Å². The minimum atomic E-state index is 0.614. The second kappa shape index (κ2) is 7.19. The molecule has 78 valence electrons. The van der Waals surface area contributed by atoms with E-state index in [0.29, 0.717) is 5.88 Å². The first-order valence-corrected chi connectivity index (χ1v) is 6.77. The Kier molecular flexibility index (Phi) is 6.13. The van der Waals surface area contributed by atoms with Crippen LogP contribution >= 0.6 is 23.4 Å². The van der Waals surface area contributed by atoms with Gasteiger partial charge in [0.25, 0.3) is 0 Å². The highest BCUT2D eigenvalue weighted by Crippen LogP contribution is 2.15. The molecule has 2 heteroatoms. The van der Waals surface area contributed by atoms with Crippen molar-refractivity contribution in [3.8, 4) is 0 Å². The predicted octanol–water partition coefficient (Wildman–Crippen LogP) is 4.46. The Hall–Kier alpha value is -0.140. The third-order valence-corrected chi connectivity index (χ3v) is 3.51. The van der Waals surface area contributed by atoms with Crippen molar-refractivity contribution in [1.82, 2.24) is 0 Å². The lowest BCUT2D eigenvalue weighted by Crippen LogP contribution is -1.84. The molecule has 0 fully saturated rings. The van der Waals surface area contributed by atoms with Crippen molar-refractivity contribution in [2.75, 3.05) is 5.75 Å². The van der Waals surface area contributed by atoms with Gasteiger partial charge in [-0.15, -0.1) is 11.6 Å². The fraction of sp³-hybridized carbons (Fsp3) is 0.500. The van der Waals surface area contributed by atoms with E-state index in [-0.39, 0.29) is 0 Å². The average molecular weight is 229 g/mol. The first kappa shape index (κ1) is 11.9. The van der Waals surface area contributed by atoms with Gasteiger partial charge in [0, 0.05) is 11.6 Å². The van der Waals surface area contributed by atoms with Crippen LogP contribution in [-0.4, -0.2) is 5.75 Å². The topological polar surface area (TPSA) is 0 Å². The maximum atomic E-state index is 5.72. The number of hydrogen-bond acceptors (Lipinski definition) is 1. The highest BCUT2D eigenvalue weighted by atomic mass is 35.5. The second-order valence-electron chi connectivity index (χ2n) is 3.36. The number of benzene rings is 1. The summed E-state index contributed by atoms with van der Waals surface area (Å²) in [5.74, 6) is 3.01. The van der Waals surface area contributed by atoms with Crippen molar-refractivity contribution in [2.24, 2.45) is 0 Å². The molecular formula is C12H17ClS. The molecule has 0 radical (unpaired) electrons. The molecular weight excluding hydrogens is 212 g/mol. The average Bonchev–Trinajstić information content (AvgIpc) is 2.25. The van der Waals surface area contributed by atoms with E-state index < -0.39 is 0 Å². The summed E-state index contributed by atoms with van der Waals surface area (Å²) in [6.45, 7) is 2.23. The molecule has 0 atom stereocenters. The first-order chi connectivity index (χ1) is 6.86. The number of unbranched alkanes of at least 4 members (excludes halogenated alkanes) is 1. The Morgan fingerprint density at radius 1 is 1.14 bits per heavy atom. The van der Waals surface area contributed by atoms with Gasteiger partial charge in [-0.05, 0) is 23.3 Å². The standard InChI is InChI=1S/C12H17ClS/c1-2-3-8-14-10-12-6-4-11(9-13)5-7-12/h4-7H,2-3,8-10H2,1H3. The zero-order chi connectivity index (χ0) is 10.2. The molecule has 1 rings (SSSR count). The van der Waals surface area contributed by atoms with Crippen LogP contribution in [0.5, 0.6) is 0 Å². The van der Waals surface area contributed by atoms with E-state index in [4.69, 9.17) is 11.6 Å². The van der Waals surface area contributed by atoms with Crippen LogP contribution in [0.1, 0.15) is 30.9 Å². The van der Waals surface area contributed by atoms with Crippen LogP contribution < -0.4 is 0 Å². The SMILES string of the molecule is CCCCSCc1ccc(CCl)cc1. The largest absolute Gasteiger partial charge is 0.157 e. The summed E-state index contributed by atoms with van der Waals surface area (Å²) in [6, 6.07) is 8.58. The van der Waals surface area contributed by atoms with E-state index >= 15 is 0 Å². The molecule has 0 bridgehead atoms. The molecule has 1 aromatic rings. The van der Waals surface area contributed by atoms with Gasteiger partial charge in [0.05, 0.1) is 0 Å². The zero-order valence-electron chi connectivity index (χ0n) is 8.63. The van der Waals surface area contributed by atoms with Crippen LogP contribution in [0, 0.1) is 0 Å². The molecule has 1 aromatic carbocycles. The summed E-state index contributed by atoms with van der Waals surface area (Å²) in [4.78, 5) is 0. The third kappa shape index (κ3) is 4.39. The van der Waals surface area contributed by atoms with E-state index in [1.165, 1.54) is 29.7 Å². The van der Waals surface area contributed by atoms with E-state index in [2.05, 4.69) is 31.2 Å². The molecule has 0 heterocycles. The van der Waals surface area contributed by atoms with Gasteiger partial charge in [-0.2, -0.15) is 11.8 Å². The molecule has 0 spiro atoms. The van der Waals surface area contributed by atoms with Gasteiger partial charge < -0.3 is 0 Å². The van der Waals surface area contributed by atoms with E-state index in [0.717, 1.165) is 5.75 Å². The number of halogens is 1. The summed E-state index contributed by atoms with van der Waals surface area (Å²) in [6.07, 6.45) is 2.61. The minimum absolute atomic E-state index is 0.614. The lowest BCUT2D eigenvalue weighted by molar-refractivity contribution is 0.896. The monoisotopic (exact) mass is 228 g/mol. The summed E-state index contributed by atoms with van der Waals surface area (Å²) >= 11 is 7.73. The van der Waals surface area contributed by atoms with Crippen LogP contribution in [0.4, 0.5) is 0 Å². The molecule has 0 aliphatic heterocycles. The fourth-order valence-corrected chi connectivity index (χ4v) is 2.40. The third-order valence-electron chi connectivity index (χ3n) is 2.09. The number of alkyl halides is 1. The summed E-state index contributed by atoms with van der Waals surface area (Å²) < 4.78 is 0. The highest BCUT2D eigenvalue weighted by molar-refractivity contribution is 7.98. The molecule has 0 N–H and O–H groups in total. The lowest BCUT2D eigenvalue weighted by atomic mass is 10.2. The van der Waals surface area contributed by atoms with Gasteiger partial charge in [-0.1, -0.05) is 37.6 Å². The maximum Gasteiger partial charge on any atom is 0.0474 e. The number of rotatable bonds is 6. The maximum absolute atomic E-state index is 5.72. The highest BCUT2D eigenvalue weighted by Gasteiger charge is 1.94. The molecule has 0 nitrogen and oxygen atoms in total. The van der Waals surface area contributed by atoms with Crippen molar-refractivity contribution in [2.45, 2.75) is 31.4 Å². The Balaban J connectivity index is 2.29. The molecule has 0 saturated carbocycles. The fourth-order valence-electron chi connectivity index (χ4n) is 1.16. The Morgan fingerprint density at radius 3 is 2.36 bits per heavy atom. The zero-order valence-corrected chi connectivity index (χ0v) is 10.2. The van der Waals surface area contributed by atoms with Crippen LogP contribution in [0.2, 0.25) is 0 Å². The van der Waals surface area contributed by atoms with Crippen LogP contribution in [0.15, 0.2) is 24.3 Å². The normalized spacial score (nSPS) is 10.4. The first-order valence-electron chi connectivity index (χ1n) is 5.08. The molecule has 0 unspecified atom stereocenters. The van der Waals surface area contributed by atoms with Gasteiger partial charge in [-0.3, -0.25) is 0 Å². The lowest BCUT2D eigenvalue weighted by Gasteiger charge is -2.02. The smallest absolute Gasteiger partial charge is 0.0474 e. The van der Waals surface area contributed by atoms with Crippen LogP contribution in [-0.2, 0) is 11.6 Å². The molecule has 0 aliphatic carbocycles. The minimum Gasteiger partial charge on any atom is -0.157 e. The van der Waals surface area contributed by atoms with Gasteiger partial charge in [-0.25, -0.2) is 0 Å². The van der Waals surface area contributed by atoms with Gasteiger partial charge in [0.15, 0.2) is 0 Å². The van der Waals surface area contributed by atoms with Gasteiger partial charge >= 0.3 is 0 Å². The molecule has 0 aromatic heterocycles. The van der Waals surface area contributed by atoms with E-state index in [1.54, 1.807) is 0 Å². The number of hydrogen-bond donors (Lipinski definition) is 0. The molecule has 0 saturated heterocycles. The van der Waals surface area contributed by atoms with Crippen molar-refractivity contribution in [3.63, 3.8) is 0 Å². The summed E-state index contributed by atoms with van der Waals surface area (Å²) in [5.41, 5.74) is 2.61. The Bertz CT molecular complexity index is 243. The van der Waals surface area contributed by atoms with Crippen molar-refractivity contribution < 1.29 is 0 Å². The summed E-state index contributed by atoms with van der Waals surface area (Å²) in [7, 11) is 0. The molecule has 0 aliphatic rings. The van der Waals surface area contributed by atoms with E-state index in [9.17, 15) is 0 Å². The van der Waals surface area contributed by atoms with Gasteiger partial charge in [0.2, 0.25) is 0 Å². The summed E-state index contributed by atoms with van der Waals surface area (Å²) in [5, 5.41) is 0. The predicted molar refractivity (Wildman–Crippen MR) is 67.1 cm³/mol. The molecule has 14 heavy (non-hydrogen) atoms.